The van der Waals surface area contributed by atoms with Crippen molar-refractivity contribution in [3.05, 3.63) is 38.9 Å². The maximum Gasteiger partial charge on any atom is 0.411 e. The molecule has 6 nitrogen and oxygen atoms in total. The summed E-state index contributed by atoms with van der Waals surface area (Å²) in [6, 6.07) is 3.72. The zero-order chi connectivity index (χ0) is 17.9. The number of halogens is 3. The molecule has 0 radical (unpaired) electrons. The summed E-state index contributed by atoms with van der Waals surface area (Å²) >= 11 is 4.86. The molecule has 2 aromatic rings. The van der Waals surface area contributed by atoms with E-state index in [9.17, 15) is 22.8 Å². The standard InChI is InChI=1S/C14H14F3N3O3S/c1-7(5-23-6-14(15,16)17)18-11(21)8-2-3-9-10(4-8)19-13(24)20-12(9)22/h2-4,7H,5-6H2,1H3,(H,18,21)(H2,19,20,22,24). The lowest BCUT2D eigenvalue weighted by Gasteiger charge is -2.15. The van der Waals surface area contributed by atoms with Crippen LogP contribution in [0, 0.1) is 4.77 Å². The van der Waals surface area contributed by atoms with E-state index in [1.54, 1.807) is 0 Å². The summed E-state index contributed by atoms with van der Waals surface area (Å²) < 4.78 is 40.6. The van der Waals surface area contributed by atoms with Crippen molar-refractivity contribution in [2.45, 2.75) is 19.1 Å². The van der Waals surface area contributed by atoms with Gasteiger partial charge in [-0.2, -0.15) is 13.2 Å². The molecule has 1 aromatic carbocycles. The molecule has 1 heterocycles. The minimum Gasteiger partial charge on any atom is -0.370 e. The van der Waals surface area contributed by atoms with Crippen molar-refractivity contribution in [2.24, 2.45) is 0 Å². The number of fused-ring (bicyclic) bond motifs is 1. The molecule has 1 aromatic heterocycles. The molecular formula is C14H14F3N3O3S. The average molecular weight is 361 g/mol. The van der Waals surface area contributed by atoms with Gasteiger partial charge in [0, 0.05) is 11.6 Å². The van der Waals surface area contributed by atoms with Crippen molar-refractivity contribution >= 4 is 29.0 Å². The summed E-state index contributed by atoms with van der Waals surface area (Å²) in [6.07, 6.45) is -4.41. The molecule has 0 spiro atoms. The van der Waals surface area contributed by atoms with E-state index in [1.165, 1.54) is 25.1 Å². The van der Waals surface area contributed by atoms with Gasteiger partial charge in [-0.1, -0.05) is 0 Å². The van der Waals surface area contributed by atoms with Crippen LogP contribution in [0.4, 0.5) is 13.2 Å². The Kier molecular flexibility index (Phi) is 5.40. The summed E-state index contributed by atoms with van der Waals surface area (Å²) in [7, 11) is 0. The minimum absolute atomic E-state index is 0.124. The highest BCUT2D eigenvalue weighted by Gasteiger charge is 2.27. The average Bonchev–Trinajstić information content (AvgIpc) is 2.44. The van der Waals surface area contributed by atoms with Crippen LogP contribution < -0.4 is 10.9 Å². The molecule has 2 rings (SSSR count). The van der Waals surface area contributed by atoms with Crippen LogP contribution in [0.25, 0.3) is 10.9 Å². The van der Waals surface area contributed by atoms with Crippen LogP contribution in [0.5, 0.6) is 0 Å². The Hall–Kier alpha value is -2.20. The quantitative estimate of drug-likeness (QED) is 0.713. The Morgan fingerprint density at radius 3 is 2.75 bits per heavy atom. The second-order valence-electron chi connectivity index (χ2n) is 5.17. The van der Waals surface area contributed by atoms with Crippen LogP contribution in [-0.2, 0) is 4.74 Å². The van der Waals surface area contributed by atoms with Gasteiger partial charge >= 0.3 is 6.18 Å². The lowest BCUT2D eigenvalue weighted by molar-refractivity contribution is -0.174. The van der Waals surface area contributed by atoms with E-state index in [0.717, 1.165) is 0 Å². The predicted octanol–water partition coefficient (Wildman–Crippen LogP) is 2.28. The number of benzene rings is 1. The Bertz CT molecular complexity index is 860. The number of alkyl halides is 3. The highest BCUT2D eigenvalue weighted by molar-refractivity contribution is 7.71. The van der Waals surface area contributed by atoms with Crippen molar-refractivity contribution in [3.8, 4) is 0 Å². The van der Waals surface area contributed by atoms with Gasteiger partial charge < -0.3 is 15.0 Å². The van der Waals surface area contributed by atoms with Crippen molar-refractivity contribution in [3.63, 3.8) is 0 Å². The highest BCUT2D eigenvalue weighted by Crippen LogP contribution is 2.14. The zero-order valence-corrected chi connectivity index (χ0v) is 13.3. The number of H-pyrrole nitrogens is 2. The lowest BCUT2D eigenvalue weighted by Crippen LogP contribution is -2.36. The molecule has 10 heteroatoms. The van der Waals surface area contributed by atoms with Crippen LogP contribution in [0.3, 0.4) is 0 Å². The molecule has 1 amide bonds. The molecule has 130 valence electrons. The fourth-order valence-corrected chi connectivity index (χ4v) is 2.21. The Balaban J connectivity index is 2.06. The van der Waals surface area contributed by atoms with Crippen LogP contribution in [-0.4, -0.2) is 41.3 Å². The van der Waals surface area contributed by atoms with E-state index in [2.05, 4.69) is 20.0 Å². The molecule has 1 unspecified atom stereocenters. The van der Waals surface area contributed by atoms with Crippen molar-refractivity contribution in [1.82, 2.24) is 15.3 Å². The number of aromatic nitrogens is 2. The number of ether oxygens (including phenoxy) is 1. The first-order valence-electron chi connectivity index (χ1n) is 6.87. The van der Waals surface area contributed by atoms with Crippen LogP contribution in [0.2, 0.25) is 0 Å². The summed E-state index contributed by atoms with van der Waals surface area (Å²) in [5, 5.41) is 2.85. The van der Waals surface area contributed by atoms with Gasteiger partial charge in [-0.25, -0.2) is 0 Å². The first kappa shape index (κ1) is 18.1. The summed E-state index contributed by atoms with van der Waals surface area (Å²) in [6.45, 7) is -0.128. The fourth-order valence-electron chi connectivity index (χ4n) is 2.01. The third-order valence-corrected chi connectivity index (χ3v) is 3.22. The predicted molar refractivity (Wildman–Crippen MR) is 83.6 cm³/mol. The smallest absolute Gasteiger partial charge is 0.370 e. The van der Waals surface area contributed by atoms with Gasteiger partial charge in [0.15, 0.2) is 4.77 Å². The molecule has 0 saturated carbocycles. The van der Waals surface area contributed by atoms with E-state index in [-0.39, 0.29) is 22.5 Å². The minimum atomic E-state index is -4.41. The number of amides is 1. The number of rotatable bonds is 5. The first-order valence-corrected chi connectivity index (χ1v) is 7.28. The van der Waals surface area contributed by atoms with E-state index in [4.69, 9.17) is 12.2 Å². The zero-order valence-electron chi connectivity index (χ0n) is 12.5. The van der Waals surface area contributed by atoms with Crippen molar-refractivity contribution in [2.75, 3.05) is 13.2 Å². The Labute approximate surface area is 139 Å². The number of aromatic amines is 2. The maximum absolute atomic E-state index is 12.1. The topological polar surface area (TPSA) is 87.0 Å². The number of nitrogens with one attached hydrogen (secondary N) is 3. The van der Waals surface area contributed by atoms with Crippen LogP contribution in [0.15, 0.2) is 23.0 Å². The Morgan fingerprint density at radius 2 is 2.08 bits per heavy atom. The summed E-state index contributed by atoms with van der Waals surface area (Å²) in [5.74, 6) is -0.500. The third kappa shape index (κ3) is 4.90. The van der Waals surface area contributed by atoms with Gasteiger partial charge in [-0.05, 0) is 37.3 Å². The van der Waals surface area contributed by atoms with Crippen molar-refractivity contribution in [1.29, 1.82) is 0 Å². The van der Waals surface area contributed by atoms with E-state index >= 15 is 0 Å². The Morgan fingerprint density at radius 1 is 1.38 bits per heavy atom. The molecule has 24 heavy (non-hydrogen) atoms. The van der Waals surface area contributed by atoms with Gasteiger partial charge in [-0.3, -0.25) is 14.6 Å². The molecule has 1 atom stereocenters. The van der Waals surface area contributed by atoms with Crippen LogP contribution in [0.1, 0.15) is 17.3 Å². The number of hydrogen-bond acceptors (Lipinski definition) is 4. The lowest BCUT2D eigenvalue weighted by atomic mass is 10.1. The maximum atomic E-state index is 12.1. The summed E-state index contributed by atoms with van der Waals surface area (Å²) in [5.41, 5.74) is 0.244. The SMILES string of the molecule is CC(COCC(F)(F)F)NC(=O)c1ccc2c(=O)[nH]c(=S)[nH]c2c1. The van der Waals surface area contributed by atoms with Gasteiger partial charge in [0.25, 0.3) is 11.5 Å². The number of carbonyl (C=O) groups excluding carboxylic acids is 1. The molecule has 3 N–H and O–H groups in total. The molecule has 0 aliphatic carbocycles. The summed E-state index contributed by atoms with van der Waals surface area (Å²) in [4.78, 5) is 29.0. The molecule has 0 fully saturated rings. The van der Waals surface area contributed by atoms with Gasteiger partial charge in [-0.15, -0.1) is 0 Å². The van der Waals surface area contributed by atoms with Gasteiger partial charge in [0.1, 0.15) is 6.61 Å². The number of hydrogen-bond donors (Lipinski definition) is 3. The second kappa shape index (κ2) is 7.14. The largest absolute Gasteiger partial charge is 0.411 e. The molecular weight excluding hydrogens is 347 g/mol. The highest BCUT2D eigenvalue weighted by atomic mass is 32.1. The normalized spacial score (nSPS) is 13.0. The van der Waals surface area contributed by atoms with E-state index in [0.29, 0.717) is 10.9 Å². The van der Waals surface area contributed by atoms with Gasteiger partial charge in [0.2, 0.25) is 0 Å². The molecule has 0 aliphatic heterocycles. The van der Waals surface area contributed by atoms with Gasteiger partial charge in [0.05, 0.1) is 17.5 Å². The molecule has 0 aliphatic rings. The number of carbonyl (C=O) groups is 1. The first-order chi connectivity index (χ1) is 11.2. The fraction of sp³-hybridized carbons (Fsp3) is 0.357. The second-order valence-corrected chi connectivity index (χ2v) is 5.58. The third-order valence-electron chi connectivity index (χ3n) is 3.01. The molecule has 0 bridgehead atoms. The molecule has 0 saturated heterocycles. The van der Waals surface area contributed by atoms with Crippen LogP contribution >= 0.6 is 12.2 Å². The van der Waals surface area contributed by atoms with E-state index in [1.807, 2.05) is 0 Å². The van der Waals surface area contributed by atoms with E-state index < -0.39 is 24.7 Å². The van der Waals surface area contributed by atoms with Crippen molar-refractivity contribution < 1.29 is 22.7 Å². The monoisotopic (exact) mass is 361 g/mol.